The van der Waals surface area contributed by atoms with Crippen LogP contribution in [0.2, 0.25) is 0 Å². The lowest BCUT2D eigenvalue weighted by molar-refractivity contribution is 1.65. The van der Waals surface area contributed by atoms with Gasteiger partial charge in [-0.1, -0.05) is 182 Å². The first-order valence-corrected chi connectivity index (χ1v) is 19.5. The zero-order chi connectivity index (χ0) is 36.7. The summed E-state index contributed by atoms with van der Waals surface area (Å²) < 4.78 is 0. The van der Waals surface area contributed by atoms with Gasteiger partial charge in [-0.15, -0.1) is 0 Å². The molecule has 0 aliphatic rings. The van der Waals surface area contributed by atoms with Crippen molar-refractivity contribution < 1.29 is 0 Å². The topological polar surface area (TPSA) is 0 Å². The molecule has 0 aromatic heterocycles. The molecule has 0 spiro atoms. The van der Waals surface area contributed by atoms with E-state index in [1.807, 2.05) is 0 Å². The van der Waals surface area contributed by atoms with E-state index in [0.717, 1.165) is 0 Å². The van der Waals surface area contributed by atoms with Gasteiger partial charge in [-0.3, -0.25) is 0 Å². The Kier molecular flexibility index (Phi) is 6.73. The van der Waals surface area contributed by atoms with Crippen molar-refractivity contribution in [3.05, 3.63) is 206 Å². The summed E-state index contributed by atoms with van der Waals surface area (Å²) in [5.41, 5.74) is 10.1. The van der Waals surface area contributed by atoms with E-state index in [0.29, 0.717) is 0 Å². The Morgan fingerprint density at radius 2 is 0.464 bits per heavy atom. The molecular weight excluding hydrogens is 673 g/mol. The van der Waals surface area contributed by atoms with Crippen LogP contribution in [0.1, 0.15) is 0 Å². The fourth-order valence-electron chi connectivity index (χ4n) is 9.56. The molecule has 0 N–H and O–H groups in total. The third-order valence-corrected chi connectivity index (χ3v) is 12.2. The van der Waals surface area contributed by atoms with Crippen molar-refractivity contribution in [1.82, 2.24) is 0 Å². The molecule has 12 aromatic rings. The van der Waals surface area contributed by atoms with Gasteiger partial charge >= 0.3 is 0 Å². The van der Waals surface area contributed by atoms with Crippen molar-refractivity contribution in [2.24, 2.45) is 0 Å². The zero-order valence-electron chi connectivity index (χ0n) is 30.6. The summed E-state index contributed by atoms with van der Waals surface area (Å²) in [6, 6.07) is 76.8. The second-order valence-corrected chi connectivity index (χ2v) is 15.2. The number of hydrogen-bond donors (Lipinski definition) is 0. The number of fused-ring (bicyclic) bond motifs is 4. The quantitative estimate of drug-likeness (QED) is 0.160. The van der Waals surface area contributed by atoms with E-state index in [1.54, 1.807) is 0 Å². The minimum atomic E-state index is 1.25. The SMILES string of the molecule is c1ccc2cc(-c3ccc4ccc5c(-c6cc7ccccc7cc6-c6cccc7ccccc67)ccc6ccc3c4c65)c(-c3cccc4ccccc34)cc2c1. The molecule has 0 aliphatic carbocycles. The summed E-state index contributed by atoms with van der Waals surface area (Å²) in [7, 11) is 0. The molecule has 0 nitrogen and oxygen atoms in total. The molecule has 0 fully saturated rings. The first kappa shape index (κ1) is 31.1. The average molecular weight is 707 g/mol. The molecule has 0 saturated carbocycles. The van der Waals surface area contributed by atoms with Gasteiger partial charge in [-0.05, 0) is 144 Å². The number of benzene rings is 12. The van der Waals surface area contributed by atoms with Crippen LogP contribution in [0.15, 0.2) is 206 Å². The molecule has 56 heavy (non-hydrogen) atoms. The summed E-state index contributed by atoms with van der Waals surface area (Å²) in [6.07, 6.45) is 0. The molecule has 258 valence electrons. The minimum Gasteiger partial charge on any atom is -0.0616 e. The summed E-state index contributed by atoms with van der Waals surface area (Å²) >= 11 is 0. The molecule has 0 radical (unpaired) electrons. The van der Waals surface area contributed by atoms with Gasteiger partial charge in [-0.25, -0.2) is 0 Å². The van der Waals surface area contributed by atoms with Gasteiger partial charge in [0.05, 0.1) is 0 Å². The largest absolute Gasteiger partial charge is 0.0616 e. The predicted octanol–water partition coefficient (Wildman–Crippen LogP) is 15.9. The third kappa shape index (κ3) is 4.66. The highest BCUT2D eigenvalue weighted by molar-refractivity contribution is 6.28. The molecule has 0 saturated heterocycles. The highest BCUT2D eigenvalue weighted by atomic mass is 14.2. The third-order valence-electron chi connectivity index (χ3n) is 12.2. The molecular formula is C56H34. The number of hydrogen-bond acceptors (Lipinski definition) is 0. The molecule has 0 aliphatic heterocycles. The van der Waals surface area contributed by atoms with E-state index < -0.39 is 0 Å². The summed E-state index contributed by atoms with van der Waals surface area (Å²) in [6.45, 7) is 0. The van der Waals surface area contributed by atoms with Crippen molar-refractivity contribution >= 4 is 75.4 Å². The summed E-state index contributed by atoms with van der Waals surface area (Å²) in [4.78, 5) is 0. The van der Waals surface area contributed by atoms with E-state index in [1.165, 1.54) is 120 Å². The standard InChI is InChI=1S/C56H34/c1-3-15-41-33-53(51(31-39(41)13-1)45-21-9-17-35-11-5-7-19-43(35)45)47-27-23-37-26-30-50-48(28-24-38-25-29-49(47)55(37)56(38)50)54-34-42-16-4-2-14-40(42)32-52(54)46-22-10-18-36-12-6-8-20-44(36)46/h1-34H. The van der Waals surface area contributed by atoms with Crippen LogP contribution in [-0.4, -0.2) is 0 Å². The van der Waals surface area contributed by atoms with Gasteiger partial charge < -0.3 is 0 Å². The van der Waals surface area contributed by atoms with Gasteiger partial charge in [-0.2, -0.15) is 0 Å². The van der Waals surface area contributed by atoms with Crippen LogP contribution in [0.25, 0.3) is 120 Å². The minimum absolute atomic E-state index is 1.25. The fourth-order valence-corrected chi connectivity index (χ4v) is 9.56. The molecule has 0 bridgehead atoms. The van der Waals surface area contributed by atoms with Crippen molar-refractivity contribution in [3.63, 3.8) is 0 Å². The summed E-state index contributed by atoms with van der Waals surface area (Å²) in [5.74, 6) is 0. The lowest BCUT2D eigenvalue weighted by Crippen LogP contribution is -1.93. The smallest absolute Gasteiger partial charge is 0.00203 e. The molecule has 12 rings (SSSR count). The van der Waals surface area contributed by atoms with E-state index in [2.05, 4.69) is 206 Å². The van der Waals surface area contributed by atoms with Crippen LogP contribution in [0.5, 0.6) is 0 Å². The monoisotopic (exact) mass is 706 g/mol. The second-order valence-electron chi connectivity index (χ2n) is 15.2. The van der Waals surface area contributed by atoms with Gasteiger partial charge in [0.1, 0.15) is 0 Å². The van der Waals surface area contributed by atoms with Crippen LogP contribution >= 0.6 is 0 Å². The Labute approximate surface area is 324 Å². The van der Waals surface area contributed by atoms with E-state index >= 15 is 0 Å². The second kappa shape index (κ2) is 12.1. The zero-order valence-corrected chi connectivity index (χ0v) is 30.6. The number of rotatable bonds is 4. The van der Waals surface area contributed by atoms with E-state index in [4.69, 9.17) is 0 Å². The Hall–Kier alpha value is -7.28. The van der Waals surface area contributed by atoms with Crippen LogP contribution in [0.3, 0.4) is 0 Å². The van der Waals surface area contributed by atoms with E-state index in [-0.39, 0.29) is 0 Å². The highest BCUT2D eigenvalue weighted by Crippen LogP contribution is 2.48. The molecule has 12 aromatic carbocycles. The van der Waals surface area contributed by atoms with E-state index in [9.17, 15) is 0 Å². The maximum absolute atomic E-state index is 2.41. The maximum Gasteiger partial charge on any atom is -0.00203 e. The fraction of sp³-hybridized carbons (Fsp3) is 0. The van der Waals surface area contributed by atoms with Crippen molar-refractivity contribution in [1.29, 1.82) is 0 Å². The first-order valence-electron chi connectivity index (χ1n) is 19.5. The summed E-state index contributed by atoms with van der Waals surface area (Å²) in [5, 5.41) is 17.8. The highest BCUT2D eigenvalue weighted by Gasteiger charge is 2.20. The van der Waals surface area contributed by atoms with Gasteiger partial charge in [0.2, 0.25) is 0 Å². The Morgan fingerprint density at radius 3 is 0.857 bits per heavy atom. The van der Waals surface area contributed by atoms with Crippen molar-refractivity contribution in [3.8, 4) is 44.5 Å². The molecule has 0 unspecified atom stereocenters. The molecule has 0 heteroatoms. The Balaban J connectivity index is 1.15. The Morgan fingerprint density at radius 1 is 0.161 bits per heavy atom. The average Bonchev–Trinajstić information content (AvgIpc) is 3.27. The van der Waals surface area contributed by atoms with Crippen LogP contribution in [-0.2, 0) is 0 Å². The molecule has 0 heterocycles. The normalized spacial score (nSPS) is 11.9. The maximum atomic E-state index is 2.41. The van der Waals surface area contributed by atoms with Gasteiger partial charge in [0.25, 0.3) is 0 Å². The van der Waals surface area contributed by atoms with Crippen molar-refractivity contribution in [2.45, 2.75) is 0 Å². The first-order chi connectivity index (χ1) is 27.8. The lowest BCUT2D eigenvalue weighted by Gasteiger charge is -2.20. The molecule has 0 atom stereocenters. The molecule has 0 amide bonds. The lowest BCUT2D eigenvalue weighted by atomic mass is 9.83. The van der Waals surface area contributed by atoms with Gasteiger partial charge in [0, 0.05) is 0 Å². The van der Waals surface area contributed by atoms with Crippen LogP contribution < -0.4 is 0 Å². The Bertz CT molecular complexity index is 3280. The van der Waals surface area contributed by atoms with Crippen molar-refractivity contribution in [2.75, 3.05) is 0 Å². The van der Waals surface area contributed by atoms with Gasteiger partial charge in [0.15, 0.2) is 0 Å². The van der Waals surface area contributed by atoms with Crippen LogP contribution in [0, 0.1) is 0 Å². The predicted molar refractivity (Wildman–Crippen MR) is 242 cm³/mol. The van der Waals surface area contributed by atoms with Crippen LogP contribution in [0.4, 0.5) is 0 Å².